The Bertz CT molecular complexity index is 764. The van der Waals surface area contributed by atoms with Crippen LogP contribution in [0.2, 0.25) is 0 Å². The van der Waals surface area contributed by atoms with Gasteiger partial charge < -0.3 is 4.98 Å². The second-order valence-electron chi connectivity index (χ2n) is 4.59. The Balaban J connectivity index is 2.21. The van der Waals surface area contributed by atoms with Gasteiger partial charge in [0.25, 0.3) is 0 Å². The van der Waals surface area contributed by atoms with Crippen molar-refractivity contribution >= 4 is 50.0 Å². The number of carbonyl (C=O) groups is 4. The number of fused-ring (bicyclic) bond motifs is 1. The van der Waals surface area contributed by atoms with Crippen molar-refractivity contribution in [3.8, 4) is 0 Å². The molecule has 1 aliphatic carbocycles. The minimum absolute atomic E-state index is 0.373. The van der Waals surface area contributed by atoms with Crippen LogP contribution in [0.4, 0.5) is 0 Å². The lowest BCUT2D eigenvalue weighted by molar-refractivity contribution is -0.149. The molecule has 1 aromatic carbocycles. The minimum Gasteiger partial charge on any atom is -0.360 e. The van der Waals surface area contributed by atoms with Gasteiger partial charge in [0.1, 0.15) is 5.92 Å². The van der Waals surface area contributed by atoms with Gasteiger partial charge in [-0.2, -0.15) is 0 Å². The monoisotopic (exact) mass is 333 g/mol. The first-order valence-electron chi connectivity index (χ1n) is 5.90. The van der Waals surface area contributed by atoms with Gasteiger partial charge in [0.05, 0.1) is 11.9 Å². The molecular formula is C14H8BrNO4. The molecule has 20 heavy (non-hydrogen) atoms. The fourth-order valence-electron chi connectivity index (χ4n) is 2.42. The normalized spacial score (nSPS) is 17.2. The number of aromatic amines is 1. The van der Waals surface area contributed by atoms with Crippen molar-refractivity contribution < 1.29 is 19.2 Å². The second-order valence-corrected chi connectivity index (χ2v) is 5.45. The third kappa shape index (κ3) is 1.76. The maximum atomic E-state index is 12.0. The topological polar surface area (TPSA) is 84.1 Å². The van der Waals surface area contributed by atoms with Crippen LogP contribution >= 0.6 is 15.9 Å². The minimum atomic E-state index is -1.31. The molecule has 1 aromatic heterocycles. The molecule has 100 valence electrons. The van der Waals surface area contributed by atoms with Gasteiger partial charge in [-0.25, -0.2) is 0 Å². The molecule has 5 nitrogen and oxygen atoms in total. The lowest BCUT2D eigenvalue weighted by Gasteiger charge is -2.16. The predicted molar refractivity (Wildman–Crippen MR) is 73.4 cm³/mol. The number of carbonyl (C=O) groups excluding carboxylic acids is 4. The summed E-state index contributed by atoms with van der Waals surface area (Å²) < 4.78 is 0.773. The van der Waals surface area contributed by atoms with E-state index in [9.17, 15) is 19.2 Å². The zero-order valence-corrected chi connectivity index (χ0v) is 11.7. The third-order valence-electron chi connectivity index (χ3n) is 3.40. The molecule has 0 bridgehead atoms. The van der Waals surface area contributed by atoms with E-state index in [4.69, 9.17) is 0 Å². The summed E-state index contributed by atoms with van der Waals surface area (Å²) in [5.74, 6) is -4.54. The average Bonchev–Trinajstić information content (AvgIpc) is 2.83. The Morgan fingerprint density at radius 2 is 1.70 bits per heavy atom. The molecule has 0 aliphatic heterocycles. The Kier molecular flexibility index (Phi) is 2.90. The Morgan fingerprint density at radius 3 is 2.35 bits per heavy atom. The number of nitrogens with one attached hydrogen (secondary N) is 1. The van der Waals surface area contributed by atoms with Crippen LogP contribution in [0, 0.1) is 0 Å². The molecule has 0 radical (unpaired) electrons. The first kappa shape index (κ1) is 12.9. The van der Waals surface area contributed by atoms with E-state index >= 15 is 0 Å². The molecule has 1 aliphatic rings. The molecule has 1 N–H and O–H groups in total. The quantitative estimate of drug-likeness (QED) is 0.635. The summed E-state index contributed by atoms with van der Waals surface area (Å²) in [7, 11) is 0. The average molecular weight is 334 g/mol. The van der Waals surface area contributed by atoms with Crippen molar-refractivity contribution in [1.29, 1.82) is 0 Å². The van der Waals surface area contributed by atoms with E-state index < -0.39 is 35.5 Å². The summed E-state index contributed by atoms with van der Waals surface area (Å²) in [5, 5.41) is 0.647. The third-order valence-corrected chi connectivity index (χ3v) is 4.06. The Labute approximate surface area is 121 Å². The van der Waals surface area contributed by atoms with Gasteiger partial charge in [-0.3, -0.25) is 19.2 Å². The van der Waals surface area contributed by atoms with E-state index in [2.05, 4.69) is 20.9 Å². The molecular weight excluding hydrogens is 326 g/mol. The van der Waals surface area contributed by atoms with Crippen LogP contribution in [-0.2, 0) is 19.2 Å². The molecule has 1 saturated carbocycles. The lowest BCUT2D eigenvalue weighted by Crippen LogP contribution is -2.40. The maximum Gasteiger partial charge on any atom is 0.214 e. The number of Topliss-reactive ketones (excluding diaryl/α,β-unsaturated/α-hetero) is 4. The largest absolute Gasteiger partial charge is 0.360 e. The highest BCUT2D eigenvalue weighted by molar-refractivity contribution is 9.10. The zero-order valence-electron chi connectivity index (χ0n) is 10.1. The number of rotatable bonds is 1. The standard InChI is InChI=1S/C14H8BrNO4/c15-8-3-1-2-6-7(5-16-12(6)8)11-13(19)9(17)4-10(18)14(11)20/h1-3,5,11,16H,4H2. The fourth-order valence-corrected chi connectivity index (χ4v) is 2.90. The number of hydrogen-bond acceptors (Lipinski definition) is 4. The highest BCUT2D eigenvalue weighted by Crippen LogP contribution is 2.33. The van der Waals surface area contributed by atoms with Gasteiger partial charge in [0.2, 0.25) is 23.1 Å². The maximum absolute atomic E-state index is 12.0. The van der Waals surface area contributed by atoms with Gasteiger partial charge in [-0.05, 0) is 27.6 Å². The van der Waals surface area contributed by atoms with Crippen LogP contribution in [0.25, 0.3) is 10.9 Å². The molecule has 0 unspecified atom stereocenters. The number of hydrogen-bond donors (Lipinski definition) is 1. The smallest absolute Gasteiger partial charge is 0.214 e. The predicted octanol–water partition coefficient (Wildman–Crippen LogP) is 1.69. The zero-order chi connectivity index (χ0) is 14.4. The van der Waals surface area contributed by atoms with Crippen LogP contribution in [-0.4, -0.2) is 28.1 Å². The first-order valence-corrected chi connectivity index (χ1v) is 6.69. The summed E-state index contributed by atoms with van der Waals surface area (Å²) in [4.78, 5) is 49.9. The van der Waals surface area contributed by atoms with Gasteiger partial charge in [0.15, 0.2) is 0 Å². The molecule has 1 heterocycles. The van der Waals surface area contributed by atoms with Crippen molar-refractivity contribution in [3.63, 3.8) is 0 Å². The molecule has 1 fully saturated rings. The van der Waals surface area contributed by atoms with Crippen LogP contribution in [0.5, 0.6) is 0 Å². The van der Waals surface area contributed by atoms with Gasteiger partial charge in [-0.15, -0.1) is 0 Å². The SMILES string of the molecule is O=C1CC(=O)C(=O)C(c2c[nH]c3c(Br)cccc23)C1=O. The molecule has 0 spiro atoms. The van der Waals surface area contributed by atoms with E-state index in [0.717, 1.165) is 4.47 Å². The molecule has 6 heteroatoms. The number of halogens is 1. The van der Waals surface area contributed by atoms with E-state index in [1.54, 1.807) is 12.1 Å². The highest BCUT2D eigenvalue weighted by Gasteiger charge is 2.43. The van der Waals surface area contributed by atoms with Crippen LogP contribution in [0.1, 0.15) is 17.9 Å². The number of para-hydroxylation sites is 1. The van der Waals surface area contributed by atoms with Gasteiger partial charge in [-0.1, -0.05) is 12.1 Å². The lowest BCUT2D eigenvalue weighted by atomic mass is 9.80. The number of aromatic nitrogens is 1. The fraction of sp³-hybridized carbons (Fsp3) is 0.143. The Hall–Kier alpha value is -2.08. The molecule has 0 saturated heterocycles. The Morgan fingerprint density at radius 1 is 1.05 bits per heavy atom. The summed E-state index contributed by atoms with van der Waals surface area (Å²) in [5.41, 5.74) is 1.09. The number of benzene rings is 1. The second kappa shape index (κ2) is 4.49. The molecule has 2 aromatic rings. The number of ketones is 4. The van der Waals surface area contributed by atoms with Gasteiger partial charge >= 0.3 is 0 Å². The van der Waals surface area contributed by atoms with E-state index in [-0.39, 0.29) is 0 Å². The summed E-state index contributed by atoms with van der Waals surface area (Å²) in [6, 6.07) is 5.30. The van der Waals surface area contributed by atoms with E-state index in [1.165, 1.54) is 6.20 Å². The van der Waals surface area contributed by atoms with Crippen LogP contribution < -0.4 is 0 Å². The molecule has 0 atom stereocenters. The highest BCUT2D eigenvalue weighted by atomic mass is 79.9. The van der Waals surface area contributed by atoms with Crippen LogP contribution in [0.3, 0.4) is 0 Å². The van der Waals surface area contributed by atoms with Crippen LogP contribution in [0.15, 0.2) is 28.9 Å². The number of H-pyrrole nitrogens is 1. The summed E-state index contributed by atoms with van der Waals surface area (Å²) in [6.45, 7) is 0. The first-order chi connectivity index (χ1) is 9.50. The van der Waals surface area contributed by atoms with E-state index in [0.29, 0.717) is 16.5 Å². The summed E-state index contributed by atoms with van der Waals surface area (Å²) >= 11 is 3.35. The molecule has 0 amide bonds. The van der Waals surface area contributed by atoms with Gasteiger partial charge in [0, 0.05) is 16.1 Å². The van der Waals surface area contributed by atoms with Crippen molar-refractivity contribution in [2.45, 2.75) is 12.3 Å². The van der Waals surface area contributed by atoms with Crippen molar-refractivity contribution in [2.75, 3.05) is 0 Å². The van der Waals surface area contributed by atoms with E-state index in [1.807, 2.05) is 6.07 Å². The van der Waals surface area contributed by atoms with Crippen molar-refractivity contribution in [2.24, 2.45) is 0 Å². The summed E-state index contributed by atoms with van der Waals surface area (Å²) in [6.07, 6.45) is 0.891. The molecule has 3 rings (SSSR count). The van der Waals surface area contributed by atoms with Crippen molar-refractivity contribution in [1.82, 2.24) is 4.98 Å². The van der Waals surface area contributed by atoms with Crippen molar-refractivity contribution in [3.05, 3.63) is 34.4 Å².